The Labute approximate surface area is 273 Å². The number of aliphatic imine (C=N–C) groups is 1. The molecule has 3 heterocycles. The Balaban J connectivity index is 1.14. The first-order valence-corrected chi connectivity index (χ1v) is 18.2. The summed E-state index contributed by atoms with van der Waals surface area (Å²) in [7, 11) is 0. The third-order valence-electron chi connectivity index (χ3n) is 14.0. The molecule has 2 saturated heterocycles. The minimum atomic E-state index is -1.04. The molecular formula is C36H56N2O8. The third-order valence-corrected chi connectivity index (χ3v) is 14.0. The third kappa shape index (κ3) is 5.42. The topological polar surface area (TPSA) is 141 Å². The van der Waals surface area contributed by atoms with E-state index in [0.717, 1.165) is 57.3 Å². The van der Waals surface area contributed by atoms with Crippen LogP contribution in [0.1, 0.15) is 97.3 Å². The first-order valence-electron chi connectivity index (χ1n) is 18.2. The molecule has 0 radical (unpaired) electrons. The molecule has 4 saturated carbocycles. The molecule has 0 spiro atoms. The maximum Gasteiger partial charge on any atom is 0.331 e. The summed E-state index contributed by atoms with van der Waals surface area (Å²) in [4.78, 5) is 19.6. The number of hydrogen-bond acceptors (Lipinski definition) is 10. The highest BCUT2D eigenvalue weighted by molar-refractivity contribution is 5.85. The first kappa shape index (κ1) is 33.1. The average Bonchev–Trinajstić information content (AvgIpc) is 3.58. The van der Waals surface area contributed by atoms with Crippen LogP contribution in [-0.2, 0) is 19.0 Å². The summed E-state index contributed by atoms with van der Waals surface area (Å²) in [6.45, 7) is 8.19. The van der Waals surface area contributed by atoms with Gasteiger partial charge in [-0.15, -0.1) is 0 Å². The summed E-state index contributed by atoms with van der Waals surface area (Å²) < 4.78 is 17.6. The van der Waals surface area contributed by atoms with Crippen molar-refractivity contribution in [2.75, 3.05) is 32.8 Å². The van der Waals surface area contributed by atoms with Crippen LogP contribution in [0.5, 0.6) is 0 Å². The normalized spacial score (nSPS) is 49.7. The zero-order valence-electron chi connectivity index (χ0n) is 27.8. The summed E-state index contributed by atoms with van der Waals surface area (Å²) >= 11 is 0. The Hall–Kier alpha value is -1.40. The fourth-order valence-corrected chi connectivity index (χ4v) is 11.4. The van der Waals surface area contributed by atoms with Gasteiger partial charge < -0.3 is 39.5 Å². The number of rotatable bonds is 7. The Bertz CT molecular complexity index is 1190. The van der Waals surface area contributed by atoms with Crippen LogP contribution in [0.25, 0.3) is 0 Å². The molecule has 0 bridgehead atoms. The number of ether oxygens (including phenoxy) is 3. The van der Waals surface area contributed by atoms with Gasteiger partial charge in [-0.3, -0.25) is 4.99 Å². The molecule has 4 aliphatic carbocycles. The lowest BCUT2D eigenvalue weighted by atomic mass is 9.41. The van der Waals surface area contributed by atoms with E-state index in [1.807, 2.05) is 0 Å². The van der Waals surface area contributed by atoms with E-state index in [1.165, 1.54) is 19.3 Å². The van der Waals surface area contributed by atoms with Gasteiger partial charge in [0.25, 0.3) is 0 Å². The summed E-state index contributed by atoms with van der Waals surface area (Å²) in [5.74, 6) is -0.0415. The van der Waals surface area contributed by atoms with Gasteiger partial charge >= 0.3 is 5.97 Å². The highest BCUT2D eigenvalue weighted by Gasteiger charge is 2.71. The van der Waals surface area contributed by atoms with Gasteiger partial charge in [0.1, 0.15) is 12.7 Å². The van der Waals surface area contributed by atoms with Crippen LogP contribution in [-0.4, -0.2) is 112 Å². The second kappa shape index (κ2) is 12.5. The Morgan fingerprint density at radius 1 is 1.04 bits per heavy atom. The van der Waals surface area contributed by atoms with Crippen LogP contribution in [0.4, 0.5) is 0 Å². The number of piperidine rings is 1. The van der Waals surface area contributed by atoms with E-state index in [1.54, 1.807) is 13.0 Å². The van der Waals surface area contributed by atoms with Gasteiger partial charge in [0, 0.05) is 42.5 Å². The highest BCUT2D eigenvalue weighted by atomic mass is 16.7. The van der Waals surface area contributed by atoms with Crippen molar-refractivity contribution in [2.24, 2.45) is 33.6 Å². The molecular weight excluding hydrogens is 588 g/mol. The molecule has 0 aromatic heterocycles. The quantitative estimate of drug-likeness (QED) is 0.187. The molecule has 4 N–H and O–H groups in total. The standard InChI is InChI=1S/C36H56N2O8/c1-23-32(41)29(39)19-31(45-23)46-25-6-11-34(22-37-14-17-38-15-4-3-5-16-38)27-7-10-33(2)26(24-18-30(40)44-21-24)9-13-36(33,43)28(27)8-12-35(34,42)20-25/h18,22-23,25-29,31-32,39,41-43H,3-17,19-21H2,1-2H3/t23-,25+,26+,27-,28+,29+,31-,32+,33+,34-,35-,36+/m0/s1. The summed E-state index contributed by atoms with van der Waals surface area (Å²) in [6.07, 6.45) is 11.0. The van der Waals surface area contributed by atoms with E-state index < -0.39 is 41.2 Å². The molecule has 0 aromatic rings. The fourth-order valence-electron chi connectivity index (χ4n) is 11.4. The number of carbonyl (C=O) groups excluding carboxylic acids is 1. The minimum Gasteiger partial charge on any atom is -0.458 e. The van der Waals surface area contributed by atoms with Gasteiger partial charge in [0.05, 0.1) is 36.1 Å². The molecule has 3 aliphatic heterocycles. The van der Waals surface area contributed by atoms with Crippen molar-refractivity contribution >= 4 is 12.2 Å². The predicted octanol–water partition coefficient (Wildman–Crippen LogP) is 3.14. The van der Waals surface area contributed by atoms with Crippen molar-refractivity contribution in [2.45, 2.75) is 139 Å². The van der Waals surface area contributed by atoms with E-state index >= 15 is 0 Å². The van der Waals surface area contributed by atoms with Crippen molar-refractivity contribution in [1.82, 2.24) is 4.90 Å². The van der Waals surface area contributed by atoms with Crippen LogP contribution in [0.3, 0.4) is 0 Å². The van der Waals surface area contributed by atoms with Gasteiger partial charge in [-0.2, -0.15) is 0 Å². The van der Waals surface area contributed by atoms with Gasteiger partial charge in [-0.1, -0.05) is 13.3 Å². The number of aliphatic hydroxyl groups excluding tert-OH is 2. The number of likely N-dealkylation sites (tertiary alicyclic amines) is 1. The van der Waals surface area contributed by atoms with E-state index in [0.29, 0.717) is 38.8 Å². The second-order valence-corrected chi connectivity index (χ2v) is 16.1. The SMILES string of the molecule is C[C@@H]1O[C@@H](O[C@@H]2CC[C@]3(C=NCCN4CCCCC4)[C@H]4CC[C@]5(C)[C@@H](C6=CC(=O)OC6)CC[C@@]5(O)[C@@H]4CC[C@]3(O)C2)C[C@@H](O)[C@@H]1O. The Kier molecular flexibility index (Phi) is 8.99. The molecule has 0 aromatic carbocycles. The first-order chi connectivity index (χ1) is 22.0. The van der Waals surface area contributed by atoms with E-state index in [4.69, 9.17) is 19.2 Å². The van der Waals surface area contributed by atoms with Crippen LogP contribution >= 0.6 is 0 Å². The molecule has 7 rings (SSSR count). The van der Waals surface area contributed by atoms with E-state index in [2.05, 4.69) is 18.0 Å². The van der Waals surface area contributed by atoms with Crippen LogP contribution < -0.4 is 0 Å². The number of carbonyl (C=O) groups is 1. The van der Waals surface area contributed by atoms with E-state index in [-0.39, 0.29) is 41.7 Å². The monoisotopic (exact) mass is 644 g/mol. The van der Waals surface area contributed by atoms with Crippen molar-refractivity contribution < 1.29 is 39.4 Å². The number of nitrogens with zero attached hydrogens (tertiary/aromatic N) is 2. The van der Waals surface area contributed by atoms with Gasteiger partial charge in [0.2, 0.25) is 0 Å². The smallest absolute Gasteiger partial charge is 0.331 e. The van der Waals surface area contributed by atoms with E-state index in [9.17, 15) is 25.2 Å². The lowest BCUT2D eigenvalue weighted by molar-refractivity contribution is -0.282. The Morgan fingerprint density at radius 3 is 2.57 bits per heavy atom. The largest absolute Gasteiger partial charge is 0.458 e. The molecule has 0 amide bonds. The van der Waals surface area contributed by atoms with Crippen LogP contribution in [0.2, 0.25) is 0 Å². The van der Waals surface area contributed by atoms with Crippen molar-refractivity contribution in [3.63, 3.8) is 0 Å². The maximum absolute atomic E-state index is 12.8. The van der Waals surface area contributed by atoms with Crippen molar-refractivity contribution in [3.8, 4) is 0 Å². The molecule has 12 atom stereocenters. The predicted molar refractivity (Wildman–Crippen MR) is 171 cm³/mol. The molecule has 6 fully saturated rings. The van der Waals surface area contributed by atoms with Gasteiger partial charge in [-0.25, -0.2) is 4.79 Å². The fraction of sp³-hybridized carbons (Fsp3) is 0.889. The summed E-state index contributed by atoms with van der Waals surface area (Å²) in [6, 6.07) is 0. The average molecular weight is 645 g/mol. The van der Waals surface area contributed by atoms with Gasteiger partial charge in [-0.05, 0) is 108 Å². The molecule has 46 heavy (non-hydrogen) atoms. The van der Waals surface area contributed by atoms with Crippen LogP contribution in [0, 0.1) is 28.6 Å². The molecule has 0 unspecified atom stereocenters. The number of cyclic esters (lactones) is 1. The number of fused-ring (bicyclic) bond motifs is 5. The zero-order valence-corrected chi connectivity index (χ0v) is 27.8. The number of esters is 1. The van der Waals surface area contributed by atoms with Crippen molar-refractivity contribution in [1.29, 1.82) is 0 Å². The lowest BCUT2D eigenvalue weighted by Gasteiger charge is -2.66. The van der Waals surface area contributed by atoms with Crippen LogP contribution in [0.15, 0.2) is 16.6 Å². The molecule has 258 valence electrons. The number of hydrogen-bond donors (Lipinski definition) is 4. The molecule has 10 heteroatoms. The zero-order chi connectivity index (χ0) is 32.3. The summed E-state index contributed by atoms with van der Waals surface area (Å²) in [5, 5.41) is 46.0. The minimum absolute atomic E-state index is 0.0281. The molecule has 7 aliphatic rings. The van der Waals surface area contributed by atoms with Crippen molar-refractivity contribution in [3.05, 3.63) is 11.6 Å². The molecule has 10 nitrogen and oxygen atoms in total. The lowest BCUT2D eigenvalue weighted by Crippen LogP contribution is -2.69. The second-order valence-electron chi connectivity index (χ2n) is 16.1. The Morgan fingerprint density at radius 2 is 1.83 bits per heavy atom. The number of aliphatic hydroxyl groups is 4. The maximum atomic E-state index is 12.8. The van der Waals surface area contributed by atoms with Gasteiger partial charge in [0.15, 0.2) is 6.29 Å². The summed E-state index contributed by atoms with van der Waals surface area (Å²) in [5.41, 5.74) is -1.83. The highest BCUT2D eigenvalue weighted by Crippen LogP contribution is 2.70.